The molecule has 0 heterocycles. The third kappa shape index (κ3) is 2.12. The van der Waals surface area contributed by atoms with Crippen LogP contribution in [0.3, 0.4) is 0 Å². The van der Waals surface area contributed by atoms with Gasteiger partial charge in [0.1, 0.15) is 6.29 Å². The zero-order valence-corrected chi connectivity index (χ0v) is 10.6. The number of aldehydes is 1. The molecule has 2 aliphatic carbocycles. The van der Waals surface area contributed by atoms with E-state index in [-0.39, 0.29) is 12.0 Å². The molecule has 0 aromatic rings. The van der Waals surface area contributed by atoms with E-state index in [0.717, 1.165) is 17.4 Å². The zero-order valence-electron chi connectivity index (χ0n) is 10.6. The molecule has 3 nitrogen and oxygen atoms in total. The van der Waals surface area contributed by atoms with Crippen LogP contribution in [0.1, 0.15) is 19.3 Å². The summed E-state index contributed by atoms with van der Waals surface area (Å²) in [6.07, 6.45) is 13.8. The molecule has 19 heavy (non-hydrogen) atoms. The van der Waals surface area contributed by atoms with Gasteiger partial charge in [0.25, 0.3) is 0 Å². The Bertz CT molecular complexity index is 509. The van der Waals surface area contributed by atoms with Gasteiger partial charge in [-0.2, -0.15) is 0 Å². The second kappa shape index (κ2) is 5.22. The van der Waals surface area contributed by atoms with Crippen molar-refractivity contribution < 1.29 is 14.7 Å². The van der Waals surface area contributed by atoms with Gasteiger partial charge in [-0.25, -0.2) is 4.79 Å². The molecule has 3 heteroatoms. The molecule has 0 atom stereocenters. The number of carbonyl (C=O) groups excluding carboxylic acids is 1. The molecule has 0 saturated carbocycles. The van der Waals surface area contributed by atoms with Gasteiger partial charge < -0.3 is 9.90 Å². The van der Waals surface area contributed by atoms with E-state index in [1.807, 2.05) is 36.5 Å². The minimum absolute atomic E-state index is 0.0736. The van der Waals surface area contributed by atoms with Gasteiger partial charge in [0.05, 0.1) is 5.41 Å². The van der Waals surface area contributed by atoms with Crippen molar-refractivity contribution in [3.05, 3.63) is 59.8 Å². The first-order chi connectivity index (χ1) is 9.13. The largest absolute Gasteiger partial charge is 0.478 e. The van der Waals surface area contributed by atoms with Crippen LogP contribution < -0.4 is 0 Å². The lowest BCUT2D eigenvalue weighted by atomic mass is 9.66. The Balaban J connectivity index is 2.53. The van der Waals surface area contributed by atoms with Crippen LogP contribution in [0.25, 0.3) is 0 Å². The summed E-state index contributed by atoms with van der Waals surface area (Å²) in [7, 11) is 0. The second-order valence-electron chi connectivity index (χ2n) is 4.71. The number of carbonyl (C=O) groups is 2. The summed E-state index contributed by atoms with van der Waals surface area (Å²) in [4.78, 5) is 22.6. The minimum Gasteiger partial charge on any atom is -0.478 e. The molecule has 0 amide bonds. The van der Waals surface area contributed by atoms with E-state index in [0.29, 0.717) is 12.8 Å². The van der Waals surface area contributed by atoms with Gasteiger partial charge in [-0.15, -0.1) is 0 Å². The first kappa shape index (κ1) is 13.3. The van der Waals surface area contributed by atoms with Crippen LogP contribution in [0.2, 0.25) is 0 Å². The van der Waals surface area contributed by atoms with Crippen LogP contribution in [-0.2, 0) is 9.59 Å². The normalized spacial score (nSPS) is 17.3. The number of carboxylic acid groups (broad SMARTS) is 1. The Hall–Kier alpha value is -2.16. The highest BCUT2D eigenvalue weighted by molar-refractivity contribution is 5.90. The number of rotatable bonds is 6. The van der Waals surface area contributed by atoms with Crippen LogP contribution in [0.15, 0.2) is 59.8 Å². The predicted molar refractivity (Wildman–Crippen MR) is 73.6 cm³/mol. The lowest BCUT2D eigenvalue weighted by Gasteiger charge is -2.36. The highest BCUT2D eigenvalue weighted by atomic mass is 16.4. The lowest BCUT2D eigenvalue weighted by Crippen LogP contribution is -2.32. The average Bonchev–Trinajstić information content (AvgIpc) is 3.07. The van der Waals surface area contributed by atoms with Crippen molar-refractivity contribution in [3.8, 4) is 0 Å². The highest BCUT2D eigenvalue weighted by Gasteiger charge is 2.43. The Kier molecular flexibility index (Phi) is 3.65. The van der Waals surface area contributed by atoms with Crippen molar-refractivity contribution in [1.29, 1.82) is 0 Å². The number of aliphatic carboxylic acids is 1. The Morgan fingerprint density at radius 2 is 1.79 bits per heavy atom. The van der Waals surface area contributed by atoms with Gasteiger partial charge in [-0.1, -0.05) is 54.2 Å². The molecule has 0 unspecified atom stereocenters. The molecule has 0 fully saturated rings. The van der Waals surface area contributed by atoms with E-state index in [1.165, 1.54) is 0 Å². The molecule has 0 aliphatic heterocycles. The van der Waals surface area contributed by atoms with Gasteiger partial charge in [-0.3, -0.25) is 0 Å². The maximum atomic E-state index is 11.4. The Labute approximate surface area is 112 Å². The smallest absolute Gasteiger partial charge is 0.332 e. The SMILES string of the molecule is C=C(C(=O)O)C(CC=O)(C1=CC=CC1)C1=CC=CC1. The fourth-order valence-electron chi connectivity index (χ4n) is 2.81. The van der Waals surface area contributed by atoms with Crippen LogP contribution >= 0.6 is 0 Å². The third-order valence-corrected chi connectivity index (χ3v) is 3.80. The van der Waals surface area contributed by atoms with E-state index in [1.54, 1.807) is 0 Å². The minimum atomic E-state index is -1.05. The van der Waals surface area contributed by atoms with Crippen LogP contribution in [0.5, 0.6) is 0 Å². The highest BCUT2D eigenvalue weighted by Crippen LogP contribution is 2.49. The first-order valence-corrected chi connectivity index (χ1v) is 6.21. The molecule has 2 rings (SSSR count). The molecular weight excluding hydrogens is 240 g/mol. The lowest BCUT2D eigenvalue weighted by molar-refractivity contribution is -0.133. The molecule has 0 bridgehead atoms. The monoisotopic (exact) mass is 256 g/mol. The predicted octanol–water partition coefficient (Wildman–Crippen LogP) is 2.98. The summed E-state index contributed by atoms with van der Waals surface area (Å²) in [5.74, 6) is -1.05. The van der Waals surface area contributed by atoms with Crippen molar-refractivity contribution in [2.24, 2.45) is 5.41 Å². The van der Waals surface area contributed by atoms with Crippen molar-refractivity contribution in [2.75, 3.05) is 0 Å². The van der Waals surface area contributed by atoms with Crippen molar-refractivity contribution in [1.82, 2.24) is 0 Å². The number of allylic oxidation sites excluding steroid dienone is 8. The molecule has 1 N–H and O–H groups in total. The van der Waals surface area contributed by atoms with Gasteiger partial charge in [0.2, 0.25) is 0 Å². The fraction of sp³-hybridized carbons (Fsp3) is 0.250. The molecular formula is C16H16O3. The van der Waals surface area contributed by atoms with Gasteiger partial charge in [0, 0.05) is 12.0 Å². The molecule has 0 saturated heterocycles. The van der Waals surface area contributed by atoms with Crippen LogP contribution in [0.4, 0.5) is 0 Å². The molecule has 0 aromatic heterocycles. The van der Waals surface area contributed by atoms with E-state index >= 15 is 0 Å². The van der Waals surface area contributed by atoms with E-state index in [2.05, 4.69) is 6.58 Å². The van der Waals surface area contributed by atoms with Gasteiger partial charge in [-0.05, 0) is 12.8 Å². The summed E-state index contributed by atoms with van der Waals surface area (Å²) in [6, 6.07) is 0. The third-order valence-electron chi connectivity index (χ3n) is 3.80. The van der Waals surface area contributed by atoms with Crippen molar-refractivity contribution >= 4 is 12.3 Å². The average molecular weight is 256 g/mol. The summed E-state index contributed by atoms with van der Waals surface area (Å²) >= 11 is 0. The summed E-state index contributed by atoms with van der Waals surface area (Å²) in [6.45, 7) is 3.74. The topological polar surface area (TPSA) is 54.4 Å². The van der Waals surface area contributed by atoms with E-state index in [9.17, 15) is 14.7 Å². The second-order valence-corrected chi connectivity index (χ2v) is 4.71. The number of hydrogen-bond donors (Lipinski definition) is 1. The van der Waals surface area contributed by atoms with E-state index < -0.39 is 11.4 Å². The first-order valence-electron chi connectivity index (χ1n) is 6.21. The maximum Gasteiger partial charge on any atom is 0.332 e. The van der Waals surface area contributed by atoms with Crippen LogP contribution in [-0.4, -0.2) is 17.4 Å². The van der Waals surface area contributed by atoms with Crippen LogP contribution in [0, 0.1) is 5.41 Å². The molecule has 0 radical (unpaired) electrons. The van der Waals surface area contributed by atoms with E-state index in [4.69, 9.17) is 0 Å². The molecule has 0 aromatic carbocycles. The van der Waals surface area contributed by atoms with Crippen molar-refractivity contribution in [2.45, 2.75) is 19.3 Å². The molecule has 0 spiro atoms. The van der Waals surface area contributed by atoms with Gasteiger partial charge in [0.15, 0.2) is 0 Å². The molecule has 98 valence electrons. The van der Waals surface area contributed by atoms with Gasteiger partial charge >= 0.3 is 5.97 Å². The fourth-order valence-corrected chi connectivity index (χ4v) is 2.81. The quantitative estimate of drug-likeness (QED) is 0.587. The summed E-state index contributed by atoms with van der Waals surface area (Å²) in [5, 5.41) is 9.35. The Morgan fingerprint density at radius 3 is 2.11 bits per heavy atom. The van der Waals surface area contributed by atoms with Crippen molar-refractivity contribution in [3.63, 3.8) is 0 Å². The molecule has 2 aliphatic rings. The number of carboxylic acids is 1. The summed E-state index contributed by atoms with van der Waals surface area (Å²) < 4.78 is 0. The standard InChI is InChI=1S/C16H16O3/c1-12(15(18)19)16(10-11-17,13-6-2-3-7-13)14-8-4-5-9-14/h2-6,8,11H,1,7,9-10H2,(H,18,19). The number of hydrogen-bond acceptors (Lipinski definition) is 2. The zero-order chi connectivity index (χ0) is 13.9. The Morgan fingerprint density at radius 1 is 1.26 bits per heavy atom. The maximum absolute atomic E-state index is 11.4. The summed E-state index contributed by atoms with van der Waals surface area (Å²) in [5.41, 5.74) is 1.06.